The molecule has 0 aromatic heterocycles. The van der Waals surface area contributed by atoms with Crippen molar-refractivity contribution in [3.05, 3.63) is 35.6 Å². The summed E-state index contributed by atoms with van der Waals surface area (Å²) < 4.78 is 13.1. The molecule has 21 heavy (non-hydrogen) atoms. The molecule has 1 aliphatic carbocycles. The Labute approximate surface area is 126 Å². The third-order valence-corrected chi connectivity index (χ3v) is 4.43. The highest BCUT2D eigenvalue weighted by Gasteiger charge is 2.39. The van der Waals surface area contributed by atoms with Crippen LogP contribution in [0.1, 0.15) is 45.1 Å². The van der Waals surface area contributed by atoms with Gasteiger partial charge in [-0.3, -0.25) is 4.79 Å². The van der Waals surface area contributed by atoms with Gasteiger partial charge in [-0.05, 0) is 42.9 Å². The van der Waals surface area contributed by atoms with Crippen LogP contribution in [-0.2, 0) is 10.2 Å². The number of halogens is 1. The van der Waals surface area contributed by atoms with E-state index in [1.54, 1.807) is 0 Å². The van der Waals surface area contributed by atoms with Crippen LogP contribution < -0.4 is 11.1 Å². The van der Waals surface area contributed by atoms with Crippen LogP contribution in [0.15, 0.2) is 24.3 Å². The number of nitrogens with one attached hydrogen (secondary N) is 1. The van der Waals surface area contributed by atoms with Crippen molar-refractivity contribution < 1.29 is 9.18 Å². The molecule has 1 atom stereocenters. The molecule has 1 saturated carbocycles. The summed E-state index contributed by atoms with van der Waals surface area (Å²) in [4.78, 5) is 12.1. The summed E-state index contributed by atoms with van der Waals surface area (Å²) in [7, 11) is 0. The Kier molecular flexibility index (Phi) is 4.99. The van der Waals surface area contributed by atoms with Crippen molar-refractivity contribution in [2.45, 2.75) is 51.0 Å². The monoisotopic (exact) mass is 292 g/mol. The molecule has 2 rings (SSSR count). The number of hydrogen-bond acceptors (Lipinski definition) is 2. The quantitative estimate of drug-likeness (QED) is 0.847. The summed E-state index contributed by atoms with van der Waals surface area (Å²) in [6.45, 7) is 4.70. The zero-order valence-electron chi connectivity index (χ0n) is 12.9. The third-order valence-electron chi connectivity index (χ3n) is 4.43. The third kappa shape index (κ3) is 3.82. The highest BCUT2D eigenvalue weighted by Crippen LogP contribution is 2.43. The largest absolute Gasteiger partial charge is 0.354 e. The van der Waals surface area contributed by atoms with Gasteiger partial charge in [-0.2, -0.15) is 0 Å². The summed E-state index contributed by atoms with van der Waals surface area (Å²) in [6, 6.07) is 6.18. The van der Waals surface area contributed by atoms with Crippen molar-refractivity contribution in [1.29, 1.82) is 0 Å². The predicted octanol–water partition coefficient (Wildman–Crippen LogP) is 2.74. The van der Waals surface area contributed by atoms with Crippen LogP contribution in [-0.4, -0.2) is 18.5 Å². The van der Waals surface area contributed by atoms with E-state index in [2.05, 4.69) is 19.2 Å². The minimum absolute atomic E-state index is 0.0408. The van der Waals surface area contributed by atoms with Crippen LogP contribution in [0, 0.1) is 11.7 Å². The van der Waals surface area contributed by atoms with Crippen molar-refractivity contribution >= 4 is 5.91 Å². The van der Waals surface area contributed by atoms with Gasteiger partial charge in [0.1, 0.15) is 5.82 Å². The van der Waals surface area contributed by atoms with Crippen molar-refractivity contribution in [3.8, 4) is 0 Å². The molecular weight excluding hydrogens is 267 g/mol. The normalized spacial score (nSPS) is 18.1. The molecule has 1 aliphatic rings. The number of amides is 1. The van der Waals surface area contributed by atoms with Crippen LogP contribution in [0.4, 0.5) is 4.39 Å². The van der Waals surface area contributed by atoms with Crippen LogP contribution >= 0.6 is 0 Å². The summed E-state index contributed by atoms with van der Waals surface area (Å²) in [5.41, 5.74) is 6.97. The zero-order chi connectivity index (χ0) is 15.5. The molecule has 0 radical (unpaired) electrons. The Morgan fingerprint density at radius 2 is 1.95 bits per heavy atom. The molecule has 0 heterocycles. The maximum absolute atomic E-state index is 13.1. The minimum atomic E-state index is -0.449. The average Bonchev–Trinajstić information content (AvgIpc) is 2.38. The molecule has 4 heteroatoms. The van der Waals surface area contributed by atoms with E-state index in [1.807, 2.05) is 12.1 Å². The highest BCUT2D eigenvalue weighted by atomic mass is 19.1. The Hall–Kier alpha value is -1.42. The Bertz CT molecular complexity index is 480. The van der Waals surface area contributed by atoms with E-state index < -0.39 is 6.04 Å². The first-order valence-corrected chi connectivity index (χ1v) is 7.72. The lowest BCUT2D eigenvalue weighted by Gasteiger charge is -2.42. The molecule has 116 valence electrons. The fraction of sp³-hybridized carbons (Fsp3) is 0.588. The van der Waals surface area contributed by atoms with Gasteiger partial charge in [0.25, 0.3) is 0 Å². The van der Waals surface area contributed by atoms with E-state index in [4.69, 9.17) is 5.73 Å². The second-order valence-electron chi connectivity index (χ2n) is 6.59. The van der Waals surface area contributed by atoms with Crippen LogP contribution in [0.5, 0.6) is 0 Å². The number of rotatable bonds is 6. The summed E-state index contributed by atoms with van der Waals surface area (Å²) >= 11 is 0. The molecule has 0 saturated heterocycles. The summed E-state index contributed by atoms with van der Waals surface area (Å²) in [5, 5.41) is 2.99. The van der Waals surface area contributed by atoms with E-state index in [9.17, 15) is 9.18 Å². The SMILES string of the molecule is CC(C)C[C@H](N)C(=O)NCC1(c2ccc(F)cc2)CCC1. The van der Waals surface area contributed by atoms with E-state index in [0.29, 0.717) is 18.9 Å². The first kappa shape index (κ1) is 16.0. The maximum atomic E-state index is 13.1. The minimum Gasteiger partial charge on any atom is -0.354 e. The standard InChI is InChI=1S/C17H25FN2O/c1-12(2)10-15(19)16(21)20-11-17(8-3-9-17)13-4-6-14(18)7-5-13/h4-7,12,15H,3,8-11,19H2,1-2H3,(H,20,21)/t15-/m0/s1. The zero-order valence-corrected chi connectivity index (χ0v) is 12.9. The molecule has 1 fully saturated rings. The molecule has 0 bridgehead atoms. The highest BCUT2D eigenvalue weighted by molar-refractivity contribution is 5.81. The molecular formula is C17H25FN2O. The number of nitrogens with two attached hydrogens (primary N) is 1. The lowest BCUT2D eigenvalue weighted by Crippen LogP contribution is -2.49. The van der Waals surface area contributed by atoms with Crippen LogP contribution in [0.2, 0.25) is 0 Å². The number of hydrogen-bond donors (Lipinski definition) is 2. The topological polar surface area (TPSA) is 55.1 Å². The Balaban J connectivity index is 1.96. The van der Waals surface area contributed by atoms with Gasteiger partial charge in [0, 0.05) is 12.0 Å². The first-order valence-electron chi connectivity index (χ1n) is 7.72. The van der Waals surface area contributed by atoms with Gasteiger partial charge in [-0.1, -0.05) is 32.4 Å². The maximum Gasteiger partial charge on any atom is 0.236 e. The van der Waals surface area contributed by atoms with Crippen molar-refractivity contribution in [2.24, 2.45) is 11.7 Å². The number of carbonyl (C=O) groups is 1. The van der Waals surface area contributed by atoms with Crippen LogP contribution in [0.3, 0.4) is 0 Å². The number of carbonyl (C=O) groups excluding carboxylic acids is 1. The van der Waals surface area contributed by atoms with E-state index in [0.717, 1.165) is 24.8 Å². The fourth-order valence-corrected chi connectivity index (χ4v) is 2.98. The van der Waals surface area contributed by atoms with E-state index >= 15 is 0 Å². The van der Waals surface area contributed by atoms with Crippen molar-refractivity contribution in [1.82, 2.24) is 5.32 Å². The lowest BCUT2D eigenvalue weighted by atomic mass is 9.64. The molecule has 3 N–H and O–H groups in total. The van der Waals surface area contributed by atoms with Crippen molar-refractivity contribution in [2.75, 3.05) is 6.54 Å². The smallest absolute Gasteiger partial charge is 0.236 e. The van der Waals surface area contributed by atoms with Gasteiger partial charge in [-0.15, -0.1) is 0 Å². The number of benzene rings is 1. The molecule has 3 nitrogen and oxygen atoms in total. The van der Waals surface area contributed by atoms with E-state index in [-0.39, 0.29) is 17.1 Å². The summed E-state index contributed by atoms with van der Waals surface area (Å²) in [5.74, 6) is 0.0915. The molecule has 0 aliphatic heterocycles. The molecule has 0 unspecified atom stereocenters. The molecule has 1 aromatic carbocycles. The van der Waals surface area contributed by atoms with Gasteiger partial charge in [-0.25, -0.2) is 4.39 Å². The fourth-order valence-electron chi connectivity index (χ4n) is 2.98. The lowest BCUT2D eigenvalue weighted by molar-refractivity contribution is -0.123. The van der Waals surface area contributed by atoms with Crippen molar-refractivity contribution in [3.63, 3.8) is 0 Å². The molecule has 1 aromatic rings. The Morgan fingerprint density at radius 3 is 2.43 bits per heavy atom. The second-order valence-corrected chi connectivity index (χ2v) is 6.59. The second kappa shape index (κ2) is 6.56. The van der Waals surface area contributed by atoms with Gasteiger partial charge >= 0.3 is 0 Å². The van der Waals surface area contributed by atoms with E-state index in [1.165, 1.54) is 12.1 Å². The average molecular weight is 292 g/mol. The van der Waals surface area contributed by atoms with Gasteiger partial charge in [0.2, 0.25) is 5.91 Å². The van der Waals surface area contributed by atoms with Gasteiger partial charge in [0.15, 0.2) is 0 Å². The van der Waals surface area contributed by atoms with Crippen LogP contribution in [0.25, 0.3) is 0 Å². The summed E-state index contributed by atoms with van der Waals surface area (Å²) in [6.07, 6.45) is 3.89. The van der Waals surface area contributed by atoms with Gasteiger partial charge in [0.05, 0.1) is 6.04 Å². The Morgan fingerprint density at radius 1 is 1.33 bits per heavy atom. The molecule has 1 amide bonds. The molecule has 0 spiro atoms. The first-order chi connectivity index (χ1) is 9.93. The predicted molar refractivity (Wildman–Crippen MR) is 82.4 cm³/mol. The van der Waals surface area contributed by atoms with Gasteiger partial charge < -0.3 is 11.1 Å².